The number of carbonyl (C=O) groups excluding carboxylic acids is 1. The van der Waals surface area contributed by atoms with E-state index in [0.717, 1.165) is 25.7 Å². The van der Waals surface area contributed by atoms with Gasteiger partial charge in [-0.3, -0.25) is 14.2 Å². The van der Waals surface area contributed by atoms with Crippen LogP contribution in [0.25, 0.3) is 0 Å². The van der Waals surface area contributed by atoms with Crippen LogP contribution in [0.5, 0.6) is 0 Å². The summed E-state index contributed by atoms with van der Waals surface area (Å²) in [4.78, 5) is 27.9. The molecule has 1 aliphatic rings. The van der Waals surface area contributed by atoms with Crippen LogP contribution in [0.1, 0.15) is 48.5 Å². The lowest BCUT2D eigenvalue weighted by molar-refractivity contribution is 0.102. The number of hydrogen-bond acceptors (Lipinski definition) is 3. The summed E-state index contributed by atoms with van der Waals surface area (Å²) in [6.07, 6.45) is 6.79. The zero-order valence-electron chi connectivity index (χ0n) is 12.7. The number of aromatic nitrogens is 2. The lowest BCUT2D eigenvalue weighted by Gasteiger charge is -2.24. The number of aromatic amines is 1. The minimum absolute atomic E-state index is 0.119. The van der Waals surface area contributed by atoms with E-state index < -0.39 is 0 Å². The Morgan fingerprint density at radius 2 is 1.87 bits per heavy atom. The molecule has 1 saturated carbocycles. The van der Waals surface area contributed by atoms with Crippen molar-refractivity contribution in [3.05, 3.63) is 57.2 Å². The molecule has 1 aromatic heterocycles. The van der Waals surface area contributed by atoms with Crippen LogP contribution in [-0.2, 0) is 0 Å². The molecule has 2 aromatic rings. The van der Waals surface area contributed by atoms with Gasteiger partial charge in [0.05, 0.1) is 0 Å². The van der Waals surface area contributed by atoms with Gasteiger partial charge >= 0.3 is 0 Å². The molecule has 120 valence electrons. The van der Waals surface area contributed by atoms with Crippen LogP contribution in [0, 0.1) is 4.77 Å². The summed E-state index contributed by atoms with van der Waals surface area (Å²) >= 11 is 5.28. The molecule has 0 bridgehead atoms. The number of hydrogen-bond donors (Lipinski definition) is 2. The fourth-order valence-electron chi connectivity index (χ4n) is 3.03. The molecule has 2 N–H and O–H groups in total. The Balaban J connectivity index is 1.90. The Labute approximate surface area is 139 Å². The molecule has 1 fully saturated rings. The first-order valence-electron chi connectivity index (χ1n) is 7.87. The maximum Gasteiger partial charge on any atom is 0.278 e. The van der Waals surface area contributed by atoms with E-state index >= 15 is 0 Å². The van der Waals surface area contributed by atoms with Crippen molar-refractivity contribution >= 4 is 23.8 Å². The van der Waals surface area contributed by atoms with Crippen molar-refractivity contribution in [1.29, 1.82) is 0 Å². The highest BCUT2D eigenvalue weighted by atomic mass is 32.1. The first-order valence-corrected chi connectivity index (χ1v) is 8.28. The van der Waals surface area contributed by atoms with Gasteiger partial charge < -0.3 is 10.3 Å². The third-order valence-electron chi connectivity index (χ3n) is 4.23. The van der Waals surface area contributed by atoms with Gasteiger partial charge in [-0.15, -0.1) is 0 Å². The van der Waals surface area contributed by atoms with Crippen LogP contribution >= 0.6 is 12.2 Å². The topological polar surface area (TPSA) is 66.9 Å². The minimum atomic E-state index is -0.302. The Hall–Kier alpha value is -2.21. The van der Waals surface area contributed by atoms with Crippen molar-refractivity contribution in [2.75, 3.05) is 5.32 Å². The van der Waals surface area contributed by atoms with Gasteiger partial charge in [-0.2, -0.15) is 0 Å². The fraction of sp³-hybridized carbons (Fsp3) is 0.353. The number of nitrogens with one attached hydrogen (secondary N) is 2. The van der Waals surface area contributed by atoms with Gasteiger partial charge in [-0.05, 0) is 37.2 Å². The predicted molar refractivity (Wildman–Crippen MR) is 92.4 cm³/mol. The molecule has 0 atom stereocenters. The van der Waals surface area contributed by atoms with E-state index in [1.807, 2.05) is 6.07 Å². The quantitative estimate of drug-likeness (QED) is 0.845. The van der Waals surface area contributed by atoms with Crippen molar-refractivity contribution in [2.24, 2.45) is 0 Å². The summed E-state index contributed by atoms with van der Waals surface area (Å²) in [6.45, 7) is 0. The average molecular weight is 329 g/mol. The van der Waals surface area contributed by atoms with E-state index in [2.05, 4.69) is 10.3 Å². The first-order chi connectivity index (χ1) is 11.2. The molecule has 0 aliphatic heterocycles. The van der Waals surface area contributed by atoms with Crippen LogP contribution in [0.15, 0.2) is 41.3 Å². The summed E-state index contributed by atoms with van der Waals surface area (Å²) in [6, 6.07) is 8.95. The summed E-state index contributed by atoms with van der Waals surface area (Å²) in [7, 11) is 0. The molecule has 1 amide bonds. The molecule has 1 aliphatic carbocycles. The summed E-state index contributed by atoms with van der Waals surface area (Å²) in [5, 5.41) is 2.68. The standard InChI is InChI=1S/C17H19N3O2S/c21-15(12-7-3-1-4-8-12)19-14-11-18-17(23)20(16(14)22)13-9-5-2-6-10-13/h1,3-4,7-8,11,13H,2,5-6,9-10H2,(H,18,23)(H,19,21). The Morgan fingerprint density at radius 3 is 2.57 bits per heavy atom. The van der Waals surface area contributed by atoms with Crippen molar-refractivity contribution in [3.63, 3.8) is 0 Å². The summed E-state index contributed by atoms with van der Waals surface area (Å²) in [5.41, 5.74) is 0.515. The molecule has 1 heterocycles. The van der Waals surface area contributed by atoms with Crippen molar-refractivity contribution in [2.45, 2.75) is 38.1 Å². The molecule has 0 unspecified atom stereocenters. The highest BCUT2D eigenvalue weighted by molar-refractivity contribution is 7.71. The zero-order valence-corrected chi connectivity index (χ0v) is 13.6. The van der Waals surface area contributed by atoms with Gasteiger partial charge in [0.15, 0.2) is 4.77 Å². The van der Waals surface area contributed by atoms with E-state index in [1.165, 1.54) is 12.6 Å². The maximum absolute atomic E-state index is 12.7. The number of anilines is 1. The van der Waals surface area contributed by atoms with Crippen LogP contribution < -0.4 is 10.9 Å². The highest BCUT2D eigenvalue weighted by Gasteiger charge is 2.19. The maximum atomic E-state index is 12.7. The number of H-pyrrole nitrogens is 1. The van der Waals surface area contributed by atoms with Gasteiger partial charge in [-0.1, -0.05) is 37.5 Å². The fourth-order valence-corrected chi connectivity index (χ4v) is 3.32. The molecular formula is C17H19N3O2S. The predicted octanol–water partition coefficient (Wildman–Crippen LogP) is 3.66. The van der Waals surface area contributed by atoms with Crippen LogP contribution in [0.4, 0.5) is 5.69 Å². The van der Waals surface area contributed by atoms with Gasteiger partial charge in [-0.25, -0.2) is 0 Å². The lowest BCUT2D eigenvalue weighted by atomic mass is 9.95. The van der Waals surface area contributed by atoms with Crippen LogP contribution in [0.3, 0.4) is 0 Å². The molecule has 0 saturated heterocycles. The van der Waals surface area contributed by atoms with E-state index in [1.54, 1.807) is 28.8 Å². The van der Waals surface area contributed by atoms with Crippen LogP contribution in [-0.4, -0.2) is 15.5 Å². The largest absolute Gasteiger partial charge is 0.336 e. The van der Waals surface area contributed by atoms with Gasteiger partial charge in [0, 0.05) is 17.8 Å². The first kappa shape index (κ1) is 15.7. The van der Waals surface area contributed by atoms with Crippen LogP contribution in [0.2, 0.25) is 0 Å². The molecule has 5 nitrogen and oxygen atoms in total. The third kappa shape index (κ3) is 3.42. The number of nitrogens with zero attached hydrogens (tertiary/aromatic N) is 1. The van der Waals surface area contributed by atoms with Gasteiger partial charge in [0.2, 0.25) is 0 Å². The molecule has 0 spiro atoms. The molecule has 6 heteroatoms. The molecule has 23 heavy (non-hydrogen) atoms. The lowest BCUT2D eigenvalue weighted by Crippen LogP contribution is -2.31. The molecule has 1 aromatic carbocycles. The normalized spacial score (nSPS) is 15.3. The van der Waals surface area contributed by atoms with Crippen molar-refractivity contribution in [3.8, 4) is 0 Å². The Morgan fingerprint density at radius 1 is 1.17 bits per heavy atom. The smallest absolute Gasteiger partial charge is 0.278 e. The average Bonchev–Trinajstić information content (AvgIpc) is 2.59. The molecular weight excluding hydrogens is 310 g/mol. The van der Waals surface area contributed by atoms with E-state index in [-0.39, 0.29) is 23.2 Å². The van der Waals surface area contributed by atoms with E-state index in [4.69, 9.17) is 12.2 Å². The highest BCUT2D eigenvalue weighted by Crippen LogP contribution is 2.27. The second kappa shape index (κ2) is 6.91. The van der Waals surface area contributed by atoms with Crippen molar-refractivity contribution in [1.82, 2.24) is 9.55 Å². The Kier molecular flexibility index (Phi) is 4.71. The Bertz CT molecular complexity index is 805. The number of carbonyl (C=O) groups is 1. The summed E-state index contributed by atoms with van der Waals surface area (Å²) < 4.78 is 2.04. The van der Waals surface area contributed by atoms with Gasteiger partial charge in [0.1, 0.15) is 5.69 Å². The van der Waals surface area contributed by atoms with Gasteiger partial charge in [0.25, 0.3) is 11.5 Å². The molecule has 0 radical (unpaired) electrons. The van der Waals surface area contributed by atoms with E-state index in [9.17, 15) is 9.59 Å². The third-order valence-corrected chi connectivity index (χ3v) is 4.55. The number of amides is 1. The monoisotopic (exact) mass is 329 g/mol. The minimum Gasteiger partial charge on any atom is -0.336 e. The second-order valence-corrected chi connectivity index (χ2v) is 6.18. The van der Waals surface area contributed by atoms with E-state index in [0.29, 0.717) is 10.3 Å². The zero-order chi connectivity index (χ0) is 16.2. The number of rotatable bonds is 3. The second-order valence-electron chi connectivity index (χ2n) is 5.79. The number of benzene rings is 1. The molecule has 3 rings (SSSR count). The summed E-state index contributed by atoms with van der Waals surface area (Å²) in [5.74, 6) is -0.302. The van der Waals surface area contributed by atoms with Crippen molar-refractivity contribution < 1.29 is 4.79 Å². The SMILES string of the molecule is O=C(Nc1c[nH]c(=S)n(C2CCCCC2)c1=O)c1ccccc1.